The van der Waals surface area contributed by atoms with Gasteiger partial charge >= 0.3 is 5.97 Å². The topological polar surface area (TPSA) is 75.7 Å². The van der Waals surface area contributed by atoms with Gasteiger partial charge in [0.25, 0.3) is 11.8 Å². The van der Waals surface area contributed by atoms with Crippen molar-refractivity contribution in [2.24, 2.45) is 0 Å². The van der Waals surface area contributed by atoms with E-state index in [1.165, 1.54) is 7.05 Å². The Morgan fingerprint density at radius 1 is 1.25 bits per heavy atom. The fourth-order valence-electron chi connectivity index (χ4n) is 1.95. The number of nitrogens with zero attached hydrogens (tertiary/aromatic N) is 1. The van der Waals surface area contributed by atoms with Gasteiger partial charge in [-0.1, -0.05) is 0 Å². The summed E-state index contributed by atoms with van der Waals surface area (Å²) < 4.78 is 4.99. The molecule has 0 saturated carbocycles. The first kappa shape index (κ1) is 14.0. The van der Waals surface area contributed by atoms with Gasteiger partial charge < -0.3 is 10.1 Å². The van der Waals surface area contributed by atoms with E-state index in [0.717, 1.165) is 4.90 Å². The molecule has 0 aliphatic carbocycles. The zero-order valence-corrected chi connectivity index (χ0v) is 11.6. The molecule has 1 N–H and O–H groups in total. The number of hydrogen-bond acceptors (Lipinski definition) is 5. The van der Waals surface area contributed by atoms with E-state index in [0.29, 0.717) is 16.8 Å². The van der Waals surface area contributed by atoms with Crippen LogP contribution in [-0.2, 0) is 9.53 Å². The van der Waals surface area contributed by atoms with Crippen molar-refractivity contribution >= 4 is 23.5 Å². The minimum absolute atomic E-state index is 0.00887. The lowest BCUT2D eigenvalue weighted by molar-refractivity contribution is -0.145. The van der Waals surface area contributed by atoms with E-state index in [1.807, 2.05) is 0 Å². The number of nitrogens with one attached hydrogen (secondary N) is 1. The van der Waals surface area contributed by atoms with Gasteiger partial charge in [-0.3, -0.25) is 19.3 Å². The number of fused-ring (bicyclic) bond motifs is 1. The largest absolute Gasteiger partial charge is 0.462 e. The van der Waals surface area contributed by atoms with Crippen molar-refractivity contribution in [3.63, 3.8) is 0 Å². The van der Waals surface area contributed by atoms with E-state index in [-0.39, 0.29) is 30.4 Å². The fraction of sp³-hybridized carbons (Fsp3) is 0.357. The number of benzene rings is 1. The molecule has 6 heteroatoms. The number of esters is 1. The van der Waals surface area contributed by atoms with Gasteiger partial charge in [-0.2, -0.15) is 0 Å². The third-order valence-electron chi connectivity index (χ3n) is 2.89. The van der Waals surface area contributed by atoms with Crippen LogP contribution in [0.15, 0.2) is 18.2 Å². The number of hydrogen-bond donors (Lipinski definition) is 1. The van der Waals surface area contributed by atoms with Crippen molar-refractivity contribution in [1.29, 1.82) is 0 Å². The third kappa shape index (κ3) is 2.64. The van der Waals surface area contributed by atoms with E-state index in [1.54, 1.807) is 32.0 Å². The monoisotopic (exact) mass is 276 g/mol. The average Bonchev–Trinajstić information content (AvgIpc) is 2.61. The smallest absolute Gasteiger partial charge is 0.325 e. The second-order valence-corrected chi connectivity index (χ2v) is 4.82. The van der Waals surface area contributed by atoms with Gasteiger partial charge in [-0.25, -0.2) is 0 Å². The number of ether oxygens (including phenoxy) is 1. The molecular weight excluding hydrogens is 260 g/mol. The fourth-order valence-corrected chi connectivity index (χ4v) is 1.95. The first-order valence-electron chi connectivity index (χ1n) is 6.30. The van der Waals surface area contributed by atoms with Crippen LogP contribution < -0.4 is 5.32 Å². The summed E-state index contributed by atoms with van der Waals surface area (Å²) >= 11 is 0. The quantitative estimate of drug-likeness (QED) is 0.662. The lowest BCUT2D eigenvalue weighted by atomic mass is 10.1. The van der Waals surface area contributed by atoms with Crippen LogP contribution in [0.3, 0.4) is 0 Å². The number of imide groups is 1. The number of anilines is 1. The highest BCUT2D eigenvalue weighted by Gasteiger charge is 2.32. The predicted octanol–water partition coefficient (Wildman–Crippen LogP) is 1.28. The number of rotatable bonds is 4. The molecular formula is C14H16N2O4. The third-order valence-corrected chi connectivity index (χ3v) is 2.89. The highest BCUT2D eigenvalue weighted by atomic mass is 16.5. The van der Waals surface area contributed by atoms with E-state index in [9.17, 15) is 14.4 Å². The lowest BCUT2D eigenvalue weighted by Crippen LogP contribution is -2.24. The molecule has 0 fully saturated rings. The highest BCUT2D eigenvalue weighted by molar-refractivity contribution is 6.21. The summed E-state index contributed by atoms with van der Waals surface area (Å²) in [4.78, 5) is 36.0. The SMILES string of the molecule is CC(C)OC(=O)CNc1ccc2c(c1)C(=O)N(C)C2=O. The number of carbonyl (C=O) groups excluding carboxylic acids is 3. The summed E-state index contributed by atoms with van der Waals surface area (Å²) in [5.41, 5.74) is 1.33. The van der Waals surface area contributed by atoms with Gasteiger partial charge in [-0.05, 0) is 32.0 Å². The van der Waals surface area contributed by atoms with Crippen LogP contribution in [0.4, 0.5) is 5.69 Å². The van der Waals surface area contributed by atoms with Crippen LogP contribution in [0, 0.1) is 0 Å². The molecule has 1 aliphatic heterocycles. The van der Waals surface area contributed by atoms with E-state index < -0.39 is 0 Å². The van der Waals surface area contributed by atoms with Crippen LogP contribution in [0.2, 0.25) is 0 Å². The van der Waals surface area contributed by atoms with Gasteiger partial charge in [0.05, 0.1) is 17.2 Å². The molecule has 0 atom stereocenters. The zero-order valence-electron chi connectivity index (χ0n) is 11.6. The molecule has 0 spiro atoms. The molecule has 2 rings (SSSR count). The summed E-state index contributed by atoms with van der Waals surface area (Å²) in [6.45, 7) is 3.55. The summed E-state index contributed by atoms with van der Waals surface area (Å²) in [5.74, 6) is -1.02. The Morgan fingerprint density at radius 2 is 1.90 bits per heavy atom. The maximum Gasteiger partial charge on any atom is 0.325 e. The predicted molar refractivity (Wildman–Crippen MR) is 72.6 cm³/mol. The van der Waals surface area contributed by atoms with Gasteiger partial charge in [0.2, 0.25) is 0 Å². The van der Waals surface area contributed by atoms with Crippen molar-refractivity contribution in [2.45, 2.75) is 20.0 Å². The summed E-state index contributed by atoms with van der Waals surface area (Å²) in [6.07, 6.45) is -0.169. The van der Waals surface area contributed by atoms with E-state index >= 15 is 0 Å². The van der Waals surface area contributed by atoms with E-state index in [4.69, 9.17) is 4.74 Å². The second kappa shape index (κ2) is 5.32. The van der Waals surface area contributed by atoms with Gasteiger partial charge in [0.1, 0.15) is 6.54 Å². The Hall–Kier alpha value is -2.37. The van der Waals surface area contributed by atoms with Gasteiger partial charge in [-0.15, -0.1) is 0 Å². The summed E-state index contributed by atoms with van der Waals surface area (Å²) in [7, 11) is 1.44. The first-order chi connectivity index (χ1) is 9.40. The first-order valence-corrected chi connectivity index (χ1v) is 6.30. The summed E-state index contributed by atoms with van der Waals surface area (Å²) in [5, 5.41) is 2.87. The van der Waals surface area contributed by atoms with Crippen molar-refractivity contribution < 1.29 is 19.1 Å². The van der Waals surface area contributed by atoms with Crippen molar-refractivity contribution in [3.05, 3.63) is 29.3 Å². The standard InChI is InChI=1S/C14H16N2O4/c1-8(2)20-12(17)7-15-9-4-5-10-11(6-9)14(19)16(3)13(10)18/h4-6,8,15H,7H2,1-3H3. The lowest BCUT2D eigenvalue weighted by Gasteiger charge is -2.10. The molecule has 1 heterocycles. The second-order valence-electron chi connectivity index (χ2n) is 4.82. The molecule has 1 aromatic rings. The Labute approximate surface area is 116 Å². The molecule has 20 heavy (non-hydrogen) atoms. The molecule has 1 aromatic carbocycles. The van der Waals surface area contributed by atoms with Crippen LogP contribution in [-0.4, -0.2) is 42.4 Å². The van der Waals surface area contributed by atoms with Crippen molar-refractivity contribution in [3.8, 4) is 0 Å². The summed E-state index contributed by atoms with van der Waals surface area (Å²) in [6, 6.07) is 4.81. The zero-order chi connectivity index (χ0) is 14.9. The molecule has 1 aliphatic rings. The maximum atomic E-state index is 11.8. The van der Waals surface area contributed by atoms with Crippen LogP contribution >= 0.6 is 0 Å². The minimum Gasteiger partial charge on any atom is -0.462 e. The maximum absolute atomic E-state index is 11.8. The molecule has 6 nitrogen and oxygen atoms in total. The number of amides is 2. The molecule has 0 saturated heterocycles. The molecule has 0 aromatic heterocycles. The minimum atomic E-state index is -0.375. The molecule has 0 bridgehead atoms. The van der Waals surface area contributed by atoms with E-state index in [2.05, 4.69) is 5.32 Å². The van der Waals surface area contributed by atoms with Crippen LogP contribution in [0.25, 0.3) is 0 Å². The molecule has 0 unspecified atom stereocenters. The number of carbonyl (C=O) groups is 3. The highest BCUT2D eigenvalue weighted by Crippen LogP contribution is 2.24. The van der Waals surface area contributed by atoms with Crippen molar-refractivity contribution in [2.75, 3.05) is 18.9 Å². The normalized spacial score (nSPS) is 13.7. The average molecular weight is 276 g/mol. The molecule has 106 valence electrons. The Morgan fingerprint density at radius 3 is 2.55 bits per heavy atom. The Kier molecular flexibility index (Phi) is 3.74. The van der Waals surface area contributed by atoms with Gasteiger partial charge in [0.15, 0.2) is 0 Å². The van der Waals surface area contributed by atoms with Gasteiger partial charge in [0, 0.05) is 12.7 Å². The van der Waals surface area contributed by atoms with Crippen LogP contribution in [0.5, 0.6) is 0 Å². The van der Waals surface area contributed by atoms with Crippen molar-refractivity contribution in [1.82, 2.24) is 4.90 Å². The Bertz CT molecular complexity index is 581. The van der Waals surface area contributed by atoms with Crippen LogP contribution in [0.1, 0.15) is 34.6 Å². The Balaban J connectivity index is 2.08. The molecule has 2 amide bonds. The molecule has 0 radical (unpaired) electrons.